The number of nitrogens with one attached hydrogen (secondary N) is 3. The van der Waals surface area contributed by atoms with Gasteiger partial charge >= 0.3 is 0 Å². The van der Waals surface area contributed by atoms with E-state index in [1.54, 1.807) is 7.05 Å². The second-order valence-corrected chi connectivity index (χ2v) is 6.25. The Hall–Kier alpha value is -1.84. The van der Waals surface area contributed by atoms with Gasteiger partial charge < -0.3 is 15.4 Å². The summed E-state index contributed by atoms with van der Waals surface area (Å²) >= 11 is 0. The van der Waals surface area contributed by atoms with Crippen LogP contribution in [-0.4, -0.2) is 19.3 Å². The Morgan fingerprint density at radius 3 is 2.55 bits per heavy atom. The largest absolute Gasteiger partial charge is 0.360 e. The number of benzene rings is 1. The van der Waals surface area contributed by atoms with Crippen molar-refractivity contribution in [1.82, 2.24) is 10.6 Å². The molecule has 4 heteroatoms. The van der Waals surface area contributed by atoms with Crippen molar-refractivity contribution in [2.75, 3.05) is 7.05 Å². The summed E-state index contributed by atoms with van der Waals surface area (Å²) in [4.78, 5) is 12.0. The standard InChI is InChI=1S/C18H27N3O/c1-20-17(19)21-18(14-22,16-10-6-3-7-11-16)13-12-15-8-4-2-5-9-15/h3,6-7,10-11,14-15H,2,4-5,8-9,12-13H2,1H3,(H3,19,20,21). The van der Waals surface area contributed by atoms with Gasteiger partial charge in [0.2, 0.25) is 0 Å². The molecule has 0 bridgehead atoms. The predicted octanol–water partition coefficient (Wildman–Crippen LogP) is 3.19. The highest BCUT2D eigenvalue weighted by Gasteiger charge is 2.33. The summed E-state index contributed by atoms with van der Waals surface area (Å²) in [5.74, 6) is 0.891. The minimum Gasteiger partial charge on any atom is -0.360 e. The molecule has 22 heavy (non-hydrogen) atoms. The van der Waals surface area contributed by atoms with Crippen molar-refractivity contribution in [1.29, 1.82) is 5.41 Å². The number of guanidine groups is 1. The van der Waals surface area contributed by atoms with Gasteiger partial charge in [-0.1, -0.05) is 62.4 Å². The molecule has 0 amide bonds. The molecule has 120 valence electrons. The van der Waals surface area contributed by atoms with Crippen LogP contribution >= 0.6 is 0 Å². The topological polar surface area (TPSA) is 65.0 Å². The first-order valence-electron chi connectivity index (χ1n) is 8.26. The number of hydrogen-bond acceptors (Lipinski definition) is 2. The van der Waals surface area contributed by atoms with Crippen LogP contribution < -0.4 is 10.6 Å². The van der Waals surface area contributed by atoms with E-state index in [1.807, 2.05) is 30.3 Å². The summed E-state index contributed by atoms with van der Waals surface area (Å²) in [6.45, 7) is 0. The van der Waals surface area contributed by atoms with Gasteiger partial charge in [-0.15, -0.1) is 0 Å². The zero-order valence-corrected chi connectivity index (χ0v) is 13.4. The average molecular weight is 301 g/mol. The summed E-state index contributed by atoms with van der Waals surface area (Å²) in [7, 11) is 1.69. The van der Waals surface area contributed by atoms with Gasteiger partial charge in [-0.25, -0.2) is 0 Å². The molecule has 1 aliphatic rings. The van der Waals surface area contributed by atoms with E-state index in [-0.39, 0.29) is 5.96 Å². The quantitative estimate of drug-likeness (QED) is 0.429. The molecule has 0 heterocycles. The lowest BCUT2D eigenvalue weighted by Gasteiger charge is -2.33. The van der Waals surface area contributed by atoms with Gasteiger partial charge in [0.25, 0.3) is 0 Å². The van der Waals surface area contributed by atoms with Gasteiger partial charge in [-0.05, 0) is 24.3 Å². The zero-order chi connectivity index (χ0) is 15.8. The second-order valence-electron chi connectivity index (χ2n) is 6.25. The molecular formula is C18H27N3O. The molecule has 1 unspecified atom stereocenters. The third kappa shape index (κ3) is 4.09. The van der Waals surface area contributed by atoms with E-state index >= 15 is 0 Å². The number of carbonyl (C=O) groups excluding carboxylic acids is 1. The molecule has 0 radical (unpaired) electrons. The van der Waals surface area contributed by atoms with Crippen molar-refractivity contribution in [2.45, 2.75) is 50.5 Å². The first kappa shape index (κ1) is 16.5. The molecule has 1 atom stereocenters. The minimum absolute atomic E-state index is 0.180. The highest BCUT2D eigenvalue weighted by atomic mass is 16.1. The summed E-state index contributed by atoms with van der Waals surface area (Å²) < 4.78 is 0. The minimum atomic E-state index is -0.807. The van der Waals surface area contributed by atoms with Crippen LogP contribution in [0.15, 0.2) is 30.3 Å². The Labute approximate surface area is 133 Å². The van der Waals surface area contributed by atoms with Crippen LogP contribution in [0.25, 0.3) is 0 Å². The van der Waals surface area contributed by atoms with E-state index in [0.29, 0.717) is 5.92 Å². The molecule has 0 saturated heterocycles. The van der Waals surface area contributed by atoms with Gasteiger partial charge in [0.15, 0.2) is 5.96 Å². The third-order valence-corrected chi connectivity index (χ3v) is 4.76. The van der Waals surface area contributed by atoms with Crippen LogP contribution in [0.2, 0.25) is 0 Å². The first-order chi connectivity index (χ1) is 10.7. The summed E-state index contributed by atoms with van der Waals surface area (Å²) in [6, 6.07) is 9.76. The predicted molar refractivity (Wildman–Crippen MR) is 89.9 cm³/mol. The summed E-state index contributed by atoms with van der Waals surface area (Å²) in [5, 5.41) is 13.8. The Morgan fingerprint density at radius 1 is 1.27 bits per heavy atom. The Bertz CT molecular complexity index is 482. The Morgan fingerprint density at radius 2 is 1.95 bits per heavy atom. The van der Waals surface area contributed by atoms with Crippen molar-refractivity contribution in [2.24, 2.45) is 5.92 Å². The first-order valence-corrected chi connectivity index (χ1v) is 8.26. The molecular weight excluding hydrogens is 274 g/mol. The van der Waals surface area contributed by atoms with E-state index in [1.165, 1.54) is 32.1 Å². The monoisotopic (exact) mass is 301 g/mol. The molecule has 0 aliphatic heterocycles. The lowest BCUT2D eigenvalue weighted by Crippen LogP contribution is -2.51. The Balaban J connectivity index is 2.15. The fourth-order valence-corrected chi connectivity index (χ4v) is 3.36. The molecule has 1 aromatic rings. The van der Waals surface area contributed by atoms with Crippen molar-refractivity contribution in [3.63, 3.8) is 0 Å². The average Bonchev–Trinajstić information content (AvgIpc) is 2.60. The molecule has 1 aromatic carbocycles. The fraction of sp³-hybridized carbons (Fsp3) is 0.556. The summed E-state index contributed by atoms with van der Waals surface area (Å²) in [5.41, 5.74) is 0.125. The third-order valence-electron chi connectivity index (χ3n) is 4.76. The van der Waals surface area contributed by atoms with Crippen LogP contribution in [-0.2, 0) is 10.3 Å². The van der Waals surface area contributed by atoms with Gasteiger partial charge in [0, 0.05) is 7.05 Å². The van der Waals surface area contributed by atoms with Crippen LogP contribution in [0.1, 0.15) is 50.5 Å². The van der Waals surface area contributed by atoms with Gasteiger partial charge in [-0.3, -0.25) is 5.41 Å². The van der Waals surface area contributed by atoms with E-state index in [2.05, 4.69) is 10.6 Å². The molecule has 2 rings (SSSR count). The fourth-order valence-electron chi connectivity index (χ4n) is 3.36. The maximum Gasteiger partial charge on any atom is 0.189 e. The van der Waals surface area contributed by atoms with Crippen LogP contribution in [0.3, 0.4) is 0 Å². The van der Waals surface area contributed by atoms with Crippen molar-refractivity contribution >= 4 is 12.2 Å². The molecule has 0 spiro atoms. The van der Waals surface area contributed by atoms with Gasteiger partial charge in [0.05, 0.1) is 0 Å². The number of carbonyl (C=O) groups is 1. The van der Waals surface area contributed by atoms with E-state index < -0.39 is 5.54 Å². The Kier molecular flexibility index (Phi) is 5.99. The van der Waals surface area contributed by atoms with Gasteiger partial charge in [0.1, 0.15) is 11.8 Å². The highest BCUT2D eigenvalue weighted by Crippen LogP contribution is 2.32. The second kappa shape index (κ2) is 7.97. The lowest BCUT2D eigenvalue weighted by molar-refractivity contribution is -0.113. The number of hydrogen-bond donors (Lipinski definition) is 3. The molecule has 1 fully saturated rings. The summed E-state index contributed by atoms with van der Waals surface area (Å²) in [6.07, 6.45) is 9.23. The maximum absolute atomic E-state index is 12.0. The van der Waals surface area contributed by atoms with Crippen molar-refractivity contribution < 1.29 is 4.79 Å². The molecule has 1 aliphatic carbocycles. The molecule has 3 N–H and O–H groups in total. The van der Waals surface area contributed by atoms with E-state index in [4.69, 9.17) is 5.41 Å². The maximum atomic E-state index is 12.0. The normalized spacial score (nSPS) is 18.2. The molecule has 4 nitrogen and oxygen atoms in total. The lowest BCUT2D eigenvalue weighted by atomic mass is 9.79. The molecule has 1 saturated carbocycles. The van der Waals surface area contributed by atoms with Crippen LogP contribution in [0, 0.1) is 11.3 Å². The zero-order valence-electron chi connectivity index (χ0n) is 13.4. The van der Waals surface area contributed by atoms with Crippen LogP contribution in [0.4, 0.5) is 0 Å². The van der Waals surface area contributed by atoms with E-state index in [0.717, 1.165) is 24.7 Å². The number of rotatable bonds is 6. The van der Waals surface area contributed by atoms with Gasteiger partial charge in [-0.2, -0.15) is 0 Å². The van der Waals surface area contributed by atoms with E-state index in [9.17, 15) is 4.79 Å². The SMILES string of the molecule is CNC(=N)NC(C=O)(CCC1CCCCC1)c1ccccc1. The molecule has 0 aromatic heterocycles. The number of aldehydes is 1. The smallest absolute Gasteiger partial charge is 0.189 e. The van der Waals surface area contributed by atoms with Crippen LogP contribution in [0.5, 0.6) is 0 Å². The highest BCUT2D eigenvalue weighted by molar-refractivity contribution is 5.82. The van der Waals surface area contributed by atoms with Crippen molar-refractivity contribution in [3.8, 4) is 0 Å². The van der Waals surface area contributed by atoms with Crippen molar-refractivity contribution in [3.05, 3.63) is 35.9 Å².